The summed E-state index contributed by atoms with van der Waals surface area (Å²) in [7, 11) is 0. The summed E-state index contributed by atoms with van der Waals surface area (Å²) in [6.07, 6.45) is 2.63. The summed E-state index contributed by atoms with van der Waals surface area (Å²) in [5.41, 5.74) is 0. The van der Waals surface area contributed by atoms with Gasteiger partial charge in [0.15, 0.2) is 6.10 Å². The van der Waals surface area contributed by atoms with Gasteiger partial charge < -0.3 is 9.64 Å². The molecule has 4 nitrogen and oxygen atoms in total. The Morgan fingerprint density at radius 3 is 2.47 bits per heavy atom. The molecule has 0 aliphatic carbocycles. The van der Waals surface area contributed by atoms with Crippen molar-refractivity contribution < 1.29 is 14.3 Å². The highest BCUT2D eigenvalue weighted by Crippen LogP contribution is 2.10. The second-order valence-electron chi connectivity index (χ2n) is 3.91. The Hall–Kier alpha value is -1.06. The molecule has 0 aromatic heterocycles. The zero-order valence-corrected chi connectivity index (χ0v) is 9.49. The molecule has 1 amide bonds. The highest BCUT2D eigenvalue weighted by molar-refractivity contribution is 5.83. The van der Waals surface area contributed by atoms with Crippen molar-refractivity contribution in [1.29, 1.82) is 0 Å². The van der Waals surface area contributed by atoms with E-state index >= 15 is 0 Å². The molecule has 0 N–H and O–H groups in total. The van der Waals surface area contributed by atoms with E-state index in [9.17, 15) is 9.59 Å². The van der Waals surface area contributed by atoms with Crippen LogP contribution in [-0.2, 0) is 14.3 Å². The maximum atomic E-state index is 11.7. The van der Waals surface area contributed by atoms with Crippen molar-refractivity contribution in [3.63, 3.8) is 0 Å². The fourth-order valence-corrected chi connectivity index (χ4v) is 1.71. The van der Waals surface area contributed by atoms with Gasteiger partial charge in [-0.25, -0.2) is 0 Å². The standard InChI is InChI=1S/C11H19NO3/c1-3-6-10(13)15-9(2)11(14)12-7-4-5-8-12/h9H,3-8H2,1-2H3. The molecule has 15 heavy (non-hydrogen) atoms. The minimum absolute atomic E-state index is 0.0584. The predicted molar refractivity (Wildman–Crippen MR) is 56.3 cm³/mol. The first-order valence-electron chi connectivity index (χ1n) is 5.63. The van der Waals surface area contributed by atoms with Crippen molar-refractivity contribution in [2.75, 3.05) is 13.1 Å². The van der Waals surface area contributed by atoms with Crippen LogP contribution in [0.1, 0.15) is 39.5 Å². The predicted octanol–water partition coefficient (Wildman–Crippen LogP) is 1.34. The van der Waals surface area contributed by atoms with Crippen molar-refractivity contribution in [2.45, 2.75) is 45.6 Å². The molecular formula is C11H19NO3. The van der Waals surface area contributed by atoms with Crippen LogP contribution in [0.15, 0.2) is 0 Å². The van der Waals surface area contributed by atoms with Gasteiger partial charge in [-0.15, -0.1) is 0 Å². The number of carbonyl (C=O) groups excluding carboxylic acids is 2. The van der Waals surface area contributed by atoms with E-state index in [1.807, 2.05) is 6.92 Å². The lowest BCUT2D eigenvalue weighted by Gasteiger charge is -2.20. The Kier molecular flexibility index (Phi) is 4.59. The molecule has 1 fully saturated rings. The van der Waals surface area contributed by atoms with Gasteiger partial charge in [-0.05, 0) is 26.2 Å². The maximum absolute atomic E-state index is 11.7. The first-order chi connectivity index (χ1) is 7.15. The number of carbonyl (C=O) groups is 2. The summed E-state index contributed by atoms with van der Waals surface area (Å²) in [6, 6.07) is 0. The first kappa shape index (κ1) is 12.0. The molecule has 1 rings (SSSR count). The molecule has 0 bridgehead atoms. The van der Waals surface area contributed by atoms with E-state index in [1.54, 1.807) is 11.8 Å². The Balaban J connectivity index is 2.35. The molecular weight excluding hydrogens is 194 g/mol. The highest BCUT2D eigenvalue weighted by atomic mass is 16.5. The van der Waals surface area contributed by atoms with Crippen molar-refractivity contribution in [2.24, 2.45) is 0 Å². The number of rotatable bonds is 4. The average Bonchev–Trinajstić information content (AvgIpc) is 2.69. The molecule has 4 heteroatoms. The Labute approximate surface area is 90.6 Å². The first-order valence-corrected chi connectivity index (χ1v) is 5.63. The number of hydrogen-bond acceptors (Lipinski definition) is 3. The molecule has 0 saturated carbocycles. The number of ether oxygens (including phenoxy) is 1. The number of esters is 1. The number of hydrogen-bond donors (Lipinski definition) is 0. The molecule has 1 atom stereocenters. The molecule has 0 aromatic carbocycles. The van der Waals surface area contributed by atoms with E-state index in [0.29, 0.717) is 6.42 Å². The van der Waals surface area contributed by atoms with Gasteiger partial charge in [-0.2, -0.15) is 0 Å². The third-order valence-corrected chi connectivity index (χ3v) is 2.53. The zero-order chi connectivity index (χ0) is 11.3. The van der Waals surface area contributed by atoms with Gasteiger partial charge in [-0.1, -0.05) is 6.92 Å². The van der Waals surface area contributed by atoms with Gasteiger partial charge in [0, 0.05) is 19.5 Å². The molecule has 0 radical (unpaired) electrons. The van der Waals surface area contributed by atoms with Gasteiger partial charge in [0.05, 0.1) is 0 Å². The number of likely N-dealkylation sites (tertiary alicyclic amines) is 1. The normalized spacial score (nSPS) is 17.6. The molecule has 1 unspecified atom stereocenters. The smallest absolute Gasteiger partial charge is 0.306 e. The highest BCUT2D eigenvalue weighted by Gasteiger charge is 2.25. The minimum atomic E-state index is -0.623. The average molecular weight is 213 g/mol. The quantitative estimate of drug-likeness (QED) is 0.662. The number of nitrogens with zero attached hydrogens (tertiary/aromatic N) is 1. The van der Waals surface area contributed by atoms with Crippen LogP contribution in [0, 0.1) is 0 Å². The van der Waals surface area contributed by atoms with Crippen molar-refractivity contribution >= 4 is 11.9 Å². The van der Waals surface area contributed by atoms with Crippen LogP contribution in [0.2, 0.25) is 0 Å². The van der Waals surface area contributed by atoms with Crippen molar-refractivity contribution in [3.8, 4) is 0 Å². The Morgan fingerprint density at radius 1 is 1.33 bits per heavy atom. The van der Waals surface area contributed by atoms with Crippen LogP contribution in [0.25, 0.3) is 0 Å². The molecule has 86 valence electrons. The van der Waals surface area contributed by atoms with E-state index in [0.717, 1.165) is 32.4 Å². The lowest BCUT2D eigenvalue weighted by atomic mass is 10.3. The van der Waals surface area contributed by atoms with Crippen molar-refractivity contribution in [3.05, 3.63) is 0 Å². The summed E-state index contributed by atoms with van der Waals surface area (Å²) in [4.78, 5) is 24.7. The van der Waals surface area contributed by atoms with Crippen molar-refractivity contribution in [1.82, 2.24) is 4.90 Å². The lowest BCUT2D eigenvalue weighted by Crippen LogP contribution is -2.38. The second kappa shape index (κ2) is 5.73. The molecule has 1 heterocycles. The van der Waals surface area contributed by atoms with Gasteiger partial charge in [0.2, 0.25) is 0 Å². The van der Waals surface area contributed by atoms with E-state index in [-0.39, 0.29) is 11.9 Å². The van der Waals surface area contributed by atoms with Crippen LogP contribution < -0.4 is 0 Å². The van der Waals surface area contributed by atoms with Gasteiger partial charge in [0.25, 0.3) is 5.91 Å². The lowest BCUT2D eigenvalue weighted by molar-refractivity contribution is -0.158. The molecule has 1 aliphatic heterocycles. The monoisotopic (exact) mass is 213 g/mol. The summed E-state index contributed by atoms with van der Waals surface area (Å²) < 4.78 is 5.03. The van der Waals surface area contributed by atoms with E-state index < -0.39 is 6.10 Å². The van der Waals surface area contributed by atoms with Crippen LogP contribution in [0.5, 0.6) is 0 Å². The number of amides is 1. The van der Waals surface area contributed by atoms with Crippen LogP contribution in [0.4, 0.5) is 0 Å². The van der Waals surface area contributed by atoms with E-state index in [1.165, 1.54) is 0 Å². The Bertz CT molecular complexity index is 234. The fraction of sp³-hybridized carbons (Fsp3) is 0.818. The molecule has 0 spiro atoms. The van der Waals surface area contributed by atoms with E-state index in [4.69, 9.17) is 4.74 Å². The Morgan fingerprint density at radius 2 is 1.93 bits per heavy atom. The summed E-state index contributed by atoms with van der Waals surface area (Å²) in [5.74, 6) is -0.338. The molecule has 1 aliphatic rings. The minimum Gasteiger partial charge on any atom is -0.453 e. The fourth-order valence-electron chi connectivity index (χ4n) is 1.71. The molecule has 0 aromatic rings. The summed E-state index contributed by atoms with van der Waals surface area (Å²) in [6.45, 7) is 5.16. The van der Waals surface area contributed by atoms with Gasteiger partial charge in [0.1, 0.15) is 0 Å². The summed E-state index contributed by atoms with van der Waals surface area (Å²) >= 11 is 0. The molecule has 1 saturated heterocycles. The SMILES string of the molecule is CCCC(=O)OC(C)C(=O)N1CCCC1. The largest absolute Gasteiger partial charge is 0.453 e. The topological polar surface area (TPSA) is 46.6 Å². The van der Waals surface area contributed by atoms with Crippen LogP contribution >= 0.6 is 0 Å². The maximum Gasteiger partial charge on any atom is 0.306 e. The summed E-state index contributed by atoms with van der Waals surface area (Å²) in [5, 5.41) is 0. The zero-order valence-electron chi connectivity index (χ0n) is 9.49. The van der Waals surface area contributed by atoms with Gasteiger partial charge >= 0.3 is 5.97 Å². The van der Waals surface area contributed by atoms with Crippen LogP contribution in [-0.4, -0.2) is 36.0 Å². The van der Waals surface area contributed by atoms with Gasteiger partial charge in [-0.3, -0.25) is 9.59 Å². The van der Waals surface area contributed by atoms with Crippen LogP contribution in [0.3, 0.4) is 0 Å². The third kappa shape index (κ3) is 3.53. The second-order valence-corrected chi connectivity index (χ2v) is 3.91. The van der Waals surface area contributed by atoms with E-state index in [2.05, 4.69) is 0 Å². The third-order valence-electron chi connectivity index (χ3n) is 2.53.